The van der Waals surface area contributed by atoms with Crippen LogP contribution in [0.3, 0.4) is 0 Å². The Kier molecular flexibility index (Phi) is 8.34. The van der Waals surface area contributed by atoms with Crippen molar-refractivity contribution < 1.29 is 14.3 Å². The van der Waals surface area contributed by atoms with Gasteiger partial charge in [0.05, 0.1) is 6.04 Å². The van der Waals surface area contributed by atoms with Crippen molar-refractivity contribution in [2.24, 2.45) is 5.41 Å². The summed E-state index contributed by atoms with van der Waals surface area (Å²) >= 11 is 0. The summed E-state index contributed by atoms with van der Waals surface area (Å²) in [6.07, 6.45) is 0.904. The van der Waals surface area contributed by atoms with E-state index in [1.807, 2.05) is 0 Å². The molecule has 112 valence electrons. The molecule has 1 atom stereocenters. The molecule has 0 bridgehead atoms. The summed E-state index contributed by atoms with van der Waals surface area (Å²) < 4.78 is 5.05. The molecule has 0 saturated carbocycles. The van der Waals surface area contributed by atoms with E-state index in [9.17, 15) is 9.59 Å². The second kappa shape index (κ2) is 8.87. The highest BCUT2D eigenvalue weighted by atomic mass is 16.5. The Morgan fingerprint density at radius 1 is 1.32 bits per heavy atom. The molecule has 0 rings (SSSR count). The SMILES string of the molecule is CCNC(=O)NC(=O)C(C)NCC(C)(C)CCOC. The van der Waals surface area contributed by atoms with Crippen molar-refractivity contribution in [3.63, 3.8) is 0 Å². The number of hydrogen-bond acceptors (Lipinski definition) is 4. The van der Waals surface area contributed by atoms with E-state index in [4.69, 9.17) is 4.74 Å². The highest BCUT2D eigenvalue weighted by molar-refractivity contribution is 5.96. The first-order valence-corrected chi connectivity index (χ1v) is 6.63. The normalized spacial score (nSPS) is 12.9. The maximum absolute atomic E-state index is 11.7. The quantitative estimate of drug-likeness (QED) is 0.613. The molecular formula is C13H27N3O3. The number of carbonyl (C=O) groups excluding carboxylic acids is 2. The van der Waals surface area contributed by atoms with Gasteiger partial charge in [-0.05, 0) is 25.7 Å². The number of amides is 3. The number of imide groups is 1. The summed E-state index contributed by atoms with van der Waals surface area (Å²) in [5, 5.41) is 7.93. The molecule has 0 aliphatic carbocycles. The zero-order chi connectivity index (χ0) is 14.9. The van der Waals surface area contributed by atoms with Crippen LogP contribution in [0.2, 0.25) is 0 Å². The van der Waals surface area contributed by atoms with Gasteiger partial charge in [-0.1, -0.05) is 13.8 Å². The first kappa shape index (κ1) is 17.9. The average molecular weight is 273 g/mol. The third-order valence-electron chi connectivity index (χ3n) is 2.84. The fourth-order valence-electron chi connectivity index (χ4n) is 1.41. The zero-order valence-corrected chi connectivity index (χ0v) is 12.6. The van der Waals surface area contributed by atoms with Crippen LogP contribution < -0.4 is 16.0 Å². The number of carbonyl (C=O) groups is 2. The monoisotopic (exact) mass is 273 g/mol. The molecule has 6 heteroatoms. The average Bonchev–Trinajstić information content (AvgIpc) is 2.33. The van der Waals surface area contributed by atoms with E-state index in [2.05, 4.69) is 29.8 Å². The summed E-state index contributed by atoms with van der Waals surface area (Å²) in [6, 6.07) is -0.871. The number of urea groups is 1. The predicted molar refractivity (Wildman–Crippen MR) is 75.0 cm³/mol. The summed E-state index contributed by atoms with van der Waals surface area (Å²) in [7, 11) is 1.67. The van der Waals surface area contributed by atoms with Crippen LogP contribution in [0.4, 0.5) is 4.79 Å². The molecule has 3 N–H and O–H groups in total. The van der Waals surface area contributed by atoms with E-state index in [0.717, 1.165) is 6.42 Å². The Labute approximate surface area is 115 Å². The van der Waals surface area contributed by atoms with Gasteiger partial charge in [-0.3, -0.25) is 10.1 Å². The van der Waals surface area contributed by atoms with Crippen molar-refractivity contribution in [3.05, 3.63) is 0 Å². The smallest absolute Gasteiger partial charge is 0.321 e. The second-order valence-electron chi connectivity index (χ2n) is 5.36. The topological polar surface area (TPSA) is 79.5 Å². The van der Waals surface area contributed by atoms with E-state index in [1.54, 1.807) is 21.0 Å². The molecular weight excluding hydrogens is 246 g/mol. The Morgan fingerprint density at radius 2 is 1.95 bits per heavy atom. The standard InChI is InChI=1S/C13H27N3O3/c1-6-14-12(18)16-11(17)10(2)15-9-13(3,4)7-8-19-5/h10,15H,6-9H2,1-5H3,(H2,14,16,17,18). The molecule has 0 aliphatic rings. The molecule has 19 heavy (non-hydrogen) atoms. The van der Waals surface area contributed by atoms with Gasteiger partial charge in [0.1, 0.15) is 0 Å². The van der Waals surface area contributed by atoms with Crippen LogP contribution in [0.25, 0.3) is 0 Å². The largest absolute Gasteiger partial charge is 0.385 e. The third kappa shape index (κ3) is 8.56. The minimum atomic E-state index is -0.459. The Morgan fingerprint density at radius 3 is 2.47 bits per heavy atom. The molecule has 0 radical (unpaired) electrons. The van der Waals surface area contributed by atoms with Crippen LogP contribution in [0, 0.1) is 5.41 Å². The van der Waals surface area contributed by atoms with Crippen LogP contribution in [-0.2, 0) is 9.53 Å². The Bertz CT molecular complexity index is 293. The molecule has 0 aromatic heterocycles. The lowest BCUT2D eigenvalue weighted by Gasteiger charge is -2.26. The highest BCUT2D eigenvalue weighted by Gasteiger charge is 2.21. The zero-order valence-electron chi connectivity index (χ0n) is 12.6. The minimum absolute atomic E-state index is 0.0379. The second-order valence-corrected chi connectivity index (χ2v) is 5.36. The molecule has 0 spiro atoms. The fourth-order valence-corrected chi connectivity index (χ4v) is 1.41. The molecule has 6 nitrogen and oxygen atoms in total. The first-order chi connectivity index (χ1) is 8.82. The number of hydrogen-bond donors (Lipinski definition) is 3. The maximum Gasteiger partial charge on any atom is 0.321 e. The van der Waals surface area contributed by atoms with Crippen molar-refractivity contribution in [3.8, 4) is 0 Å². The van der Waals surface area contributed by atoms with Crippen LogP contribution in [0.15, 0.2) is 0 Å². The molecule has 0 heterocycles. The van der Waals surface area contributed by atoms with Crippen molar-refractivity contribution in [2.45, 2.75) is 40.2 Å². The van der Waals surface area contributed by atoms with Gasteiger partial charge in [-0.25, -0.2) is 4.79 Å². The summed E-state index contributed by atoms with van der Waals surface area (Å²) in [6.45, 7) is 9.60. The molecule has 0 aliphatic heterocycles. The Balaban J connectivity index is 4.05. The van der Waals surface area contributed by atoms with E-state index >= 15 is 0 Å². The van der Waals surface area contributed by atoms with Gasteiger partial charge in [0.2, 0.25) is 5.91 Å². The molecule has 0 aromatic rings. The number of rotatable bonds is 8. The Hall–Kier alpha value is -1.14. The van der Waals surface area contributed by atoms with Gasteiger partial charge in [-0.15, -0.1) is 0 Å². The minimum Gasteiger partial charge on any atom is -0.385 e. The van der Waals surface area contributed by atoms with Crippen LogP contribution in [0.5, 0.6) is 0 Å². The molecule has 0 fully saturated rings. The van der Waals surface area contributed by atoms with E-state index in [0.29, 0.717) is 19.7 Å². The number of methoxy groups -OCH3 is 1. The fraction of sp³-hybridized carbons (Fsp3) is 0.846. The van der Waals surface area contributed by atoms with E-state index in [1.165, 1.54) is 0 Å². The van der Waals surface area contributed by atoms with Gasteiger partial charge < -0.3 is 15.4 Å². The van der Waals surface area contributed by atoms with Crippen LogP contribution >= 0.6 is 0 Å². The lowest BCUT2D eigenvalue weighted by molar-refractivity contribution is -0.121. The summed E-state index contributed by atoms with van der Waals surface area (Å²) in [5.41, 5.74) is 0.0379. The molecule has 0 saturated heterocycles. The molecule has 1 unspecified atom stereocenters. The van der Waals surface area contributed by atoms with Crippen molar-refractivity contribution in [2.75, 3.05) is 26.8 Å². The van der Waals surface area contributed by atoms with E-state index in [-0.39, 0.29) is 11.3 Å². The molecule has 3 amide bonds. The maximum atomic E-state index is 11.7. The van der Waals surface area contributed by atoms with Crippen molar-refractivity contribution in [1.29, 1.82) is 0 Å². The van der Waals surface area contributed by atoms with Crippen LogP contribution in [-0.4, -0.2) is 44.8 Å². The summed E-state index contributed by atoms with van der Waals surface area (Å²) in [4.78, 5) is 22.9. The van der Waals surface area contributed by atoms with Crippen LogP contribution in [0.1, 0.15) is 34.1 Å². The number of ether oxygens (including phenoxy) is 1. The number of nitrogens with one attached hydrogen (secondary N) is 3. The lowest BCUT2D eigenvalue weighted by Crippen LogP contribution is -2.49. The van der Waals surface area contributed by atoms with E-state index < -0.39 is 12.1 Å². The third-order valence-corrected chi connectivity index (χ3v) is 2.84. The molecule has 0 aromatic carbocycles. The first-order valence-electron chi connectivity index (χ1n) is 6.63. The van der Waals surface area contributed by atoms with Gasteiger partial charge in [-0.2, -0.15) is 0 Å². The van der Waals surface area contributed by atoms with Crippen molar-refractivity contribution in [1.82, 2.24) is 16.0 Å². The predicted octanol–water partition coefficient (Wildman–Crippen LogP) is 0.873. The van der Waals surface area contributed by atoms with Gasteiger partial charge in [0, 0.05) is 26.8 Å². The van der Waals surface area contributed by atoms with Gasteiger partial charge in [0.25, 0.3) is 0 Å². The summed E-state index contributed by atoms with van der Waals surface area (Å²) in [5.74, 6) is -0.325. The lowest BCUT2D eigenvalue weighted by atomic mass is 9.89. The van der Waals surface area contributed by atoms with Crippen molar-refractivity contribution >= 4 is 11.9 Å². The van der Waals surface area contributed by atoms with Gasteiger partial charge >= 0.3 is 6.03 Å². The van der Waals surface area contributed by atoms with Gasteiger partial charge in [0.15, 0.2) is 0 Å². The highest BCUT2D eigenvalue weighted by Crippen LogP contribution is 2.18.